The van der Waals surface area contributed by atoms with Gasteiger partial charge >= 0.3 is 0 Å². The number of rotatable bonds is 2. The molecule has 0 saturated carbocycles. The van der Waals surface area contributed by atoms with Gasteiger partial charge in [0.15, 0.2) is 5.78 Å². The Kier molecular flexibility index (Phi) is 2.60. The van der Waals surface area contributed by atoms with E-state index < -0.39 is 0 Å². The van der Waals surface area contributed by atoms with Gasteiger partial charge in [-0.1, -0.05) is 37.1 Å². The number of carbonyl (C=O) groups excluding carboxylic acids is 1. The van der Waals surface area contributed by atoms with E-state index in [0.29, 0.717) is 5.78 Å². The van der Waals surface area contributed by atoms with Gasteiger partial charge in [0.1, 0.15) is 0 Å². The third-order valence-electron chi connectivity index (χ3n) is 4.40. The predicted molar refractivity (Wildman–Crippen MR) is 67.2 cm³/mol. The van der Waals surface area contributed by atoms with E-state index in [9.17, 15) is 4.79 Å². The molecule has 0 saturated heterocycles. The van der Waals surface area contributed by atoms with E-state index in [-0.39, 0.29) is 10.8 Å². The summed E-state index contributed by atoms with van der Waals surface area (Å²) >= 11 is 0. The predicted octanol–water partition coefficient (Wildman–Crippen LogP) is 4.05. The molecule has 2 unspecified atom stereocenters. The molecule has 0 amide bonds. The average Bonchev–Trinajstić information content (AvgIpc) is 2.22. The van der Waals surface area contributed by atoms with E-state index in [4.69, 9.17) is 0 Å². The Morgan fingerprint density at radius 1 is 1.00 bits per heavy atom. The Balaban J connectivity index is 2.60. The normalized spacial score (nSPS) is 38.1. The van der Waals surface area contributed by atoms with Gasteiger partial charge in [-0.05, 0) is 39.5 Å². The molecule has 2 bridgehead atoms. The van der Waals surface area contributed by atoms with Crippen LogP contribution < -0.4 is 0 Å². The van der Waals surface area contributed by atoms with Gasteiger partial charge in [0.2, 0.25) is 0 Å². The monoisotopic (exact) mass is 218 g/mol. The number of hydrogen-bond acceptors (Lipinski definition) is 1. The van der Waals surface area contributed by atoms with Crippen molar-refractivity contribution >= 4 is 5.78 Å². The van der Waals surface area contributed by atoms with Crippen molar-refractivity contribution in [1.82, 2.24) is 0 Å². The van der Waals surface area contributed by atoms with Crippen LogP contribution in [0.1, 0.15) is 53.4 Å². The van der Waals surface area contributed by atoms with Crippen LogP contribution in [-0.2, 0) is 4.79 Å². The minimum Gasteiger partial charge on any atom is -0.298 e. The maximum absolute atomic E-state index is 12.7. The largest absolute Gasteiger partial charge is 0.298 e. The SMILES string of the molecule is CCC12C=C(C)CC(CC)(C=C(C)C1)C2=O. The lowest BCUT2D eigenvalue weighted by atomic mass is 9.55. The molecule has 2 rings (SSSR count). The van der Waals surface area contributed by atoms with Crippen LogP contribution in [0, 0.1) is 10.8 Å². The van der Waals surface area contributed by atoms with Crippen molar-refractivity contribution in [3.8, 4) is 0 Å². The molecular formula is C15H22O. The maximum atomic E-state index is 12.7. The summed E-state index contributed by atoms with van der Waals surface area (Å²) in [6.45, 7) is 8.64. The smallest absolute Gasteiger partial charge is 0.153 e. The molecule has 1 heteroatoms. The van der Waals surface area contributed by atoms with Gasteiger partial charge < -0.3 is 0 Å². The van der Waals surface area contributed by atoms with Crippen LogP contribution >= 0.6 is 0 Å². The topological polar surface area (TPSA) is 17.1 Å². The van der Waals surface area contributed by atoms with E-state index in [1.165, 1.54) is 11.1 Å². The van der Waals surface area contributed by atoms with Crippen molar-refractivity contribution in [3.05, 3.63) is 23.3 Å². The van der Waals surface area contributed by atoms with E-state index in [0.717, 1.165) is 25.7 Å². The summed E-state index contributed by atoms with van der Waals surface area (Å²) in [6.07, 6.45) is 8.24. The van der Waals surface area contributed by atoms with Crippen LogP contribution in [0.4, 0.5) is 0 Å². The van der Waals surface area contributed by atoms with Crippen molar-refractivity contribution in [2.24, 2.45) is 10.8 Å². The Labute approximate surface area is 98.6 Å². The molecule has 2 atom stereocenters. The number of allylic oxidation sites excluding steroid dienone is 4. The van der Waals surface area contributed by atoms with Gasteiger partial charge in [0.05, 0.1) is 10.8 Å². The number of fused-ring (bicyclic) bond motifs is 2. The van der Waals surface area contributed by atoms with Crippen molar-refractivity contribution in [2.75, 3.05) is 0 Å². The number of hydrogen-bond donors (Lipinski definition) is 0. The highest BCUT2D eigenvalue weighted by molar-refractivity contribution is 5.96. The molecule has 0 aromatic rings. The standard InChI is InChI=1S/C15H22O/c1-5-14-7-11(3)9-15(6-2,13(14)16)10-12(4)8-14/h7,10H,5-6,8-9H2,1-4H3. The fraction of sp³-hybridized carbons (Fsp3) is 0.667. The Morgan fingerprint density at radius 3 is 1.69 bits per heavy atom. The van der Waals surface area contributed by atoms with Crippen molar-refractivity contribution in [3.63, 3.8) is 0 Å². The molecule has 2 aliphatic rings. The molecule has 0 fully saturated rings. The minimum absolute atomic E-state index is 0.183. The lowest BCUT2D eigenvalue weighted by Crippen LogP contribution is -2.47. The molecule has 0 N–H and O–H groups in total. The van der Waals surface area contributed by atoms with Crippen LogP contribution in [0.25, 0.3) is 0 Å². The van der Waals surface area contributed by atoms with Gasteiger partial charge in [0, 0.05) is 0 Å². The van der Waals surface area contributed by atoms with E-state index in [1.54, 1.807) is 0 Å². The number of ketones is 1. The van der Waals surface area contributed by atoms with Gasteiger partial charge in [0.25, 0.3) is 0 Å². The third kappa shape index (κ3) is 1.41. The summed E-state index contributed by atoms with van der Waals surface area (Å²) in [5.74, 6) is 0.473. The molecule has 0 radical (unpaired) electrons. The maximum Gasteiger partial charge on any atom is 0.153 e. The minimum atomic E-state index is -0.183. The van der Waals surface area contributed by atoms with Gasteiger partial charge in [-0.3, -0.25) is 4.79 Å². The zero-order chi connectivity index (χ0) is 12.0. The highest BCUT2D eigenvalue weighted by Gasteiger charge is 2.51. The number of Topliss-reactive ketones (excluding diaryl/α,β-unsaturated/α-hetero) is 1. The highest BCUT2D eigenvalue weighted by Crippen LogP contribution is 2.53. The van der Waals surface area contributed by atoms with E-state index >= 15 is 0 Å². The van der Waals surface area contributed by atoms with Crippen LogP contribution in [0.15, 0.2) is 23.3 Å². The molecule has 0 aromatic heterocycles. The third-order valence-corrected chi connectivity index (χ3v) is 4.40. The summed E-state index contributed by atoms with van der Waals surface area (Å²) in [5.41, 5.74) is 2.42. The van der Waals surface area contributed by atoms with Crippen LogP contribution in [0.3, 0.4) is 0 Å². The Hall–Kier alpha value is -0.850. The first kappa shape index (κ1) is 11.6. The van der Waals surface area contributed by atoms with Crippen molar-refractivity contribution in [2.45, 2.75) is 53.4 Å². The molecule has 0 heterocycles. The molecule has 1 nitrogen and oxygen atoms in total. The van der Waals surface area contributed by atoms with E-state index in [1.807, 2.05) is 0 Å². The summed E-state index contributed by atoms with van der Waals surface area (Å²) in [4.78, 5) is 12.7. The lowest BCUT2D eigenvalue weighted by Gasteiger charge is -2.47. The van der Waals surface area contributed by atoms with Crippen LogP contribution in [-0.4, -0.2) is 5.78 Å². The molecule has 2 aliphatic carbocycles. The summed E-state index contributed by atoms with van der Waals surface area (Å²) < 4.78 is 0. The van der Waals surface area contributed by atoms with E-state index in [2.05, 4.69) is 39.8 Å². The van der Waals surface area contributed by atoms with Crippen LogP contribution in [0.2, 0.25) is 0 Å². The van der Waals surface area contributed by atoms with Crippen molar-refractivity contribution < 1.29 is 4.79 Å². The molecule has 0 aliphatic heterocycles. The van der Waals surface area contributed by atoms with Crippen molar-refractivity contribution in [1.29, 1.82) is 0 Å². The molecule has 16 heavy (non-hydrogen) atoms. The second-order valence-electron chi connectivity index (χ2n) is 5.68. The highest BCUT2D eigenvalue weighted by atomic mass is 16.1. The average molecular weight is 218 g/mol. The second-order valence-corrected chi connectivity index (χ2v) is 5.68. The first-order valence-corrected chi connectivity index (χ1v) is 6.39. The molecule has 0 spiro atoms. The summed E-state index contributed by atoms with van der Waals surface area (Å²) in [7, 11) is 0. The molecule has 0 aromatic carbocycles. The molecular weight excluding hydrogens is 196 g/mol. The van der Waals surface area contributed by atoms with Crippen LogP contribution in [0.5, 0.6) is 0 Å². The van der Waals surface area contributed by atoms with Gasteiger partial charge in [-0.15, -0.1) is 0 Å². The fourth-order valence-corrected chi connectivity index (χ4v) is 3.71. The summed E-state index contributed by atoms with van der Waals surface area (Å²) in [5, 5.41) is 0. The summed E-state index contributed by atoms with van der Waals surface area (Å²) in [6, 6.07) is 0. The second kappa shape index (κ2) is 3.58. The first-order valence-electron chi connectivity index (χ1n) is 6.39. The Morgan fingerprint density at radius 2 is 1.38 bits per heavy atom. The number of carbonyl (C=O) groups is 1. The zero-order valence-electron chi connectivity index (χ0n) is 10.9. The fourth-order valence-electron chi connectivity index (χ4n) is 3.71. The lowest BCUT2D eigenvalue weighted by molar-refractivity contribution is -0.136. The molecule has 88 valence electrons. The first-order chi connectivity index (χ1) is 7.48. The van der Waals surface area contributed by atoms with Gasteiger partial charge in [-0.2, -0.15) is 0 Å². The zero-order valence-corrected chi connectivity index (χ0v) is 10.9. The Bertz CT molecular complexity index is 352. The quantitative estimate of drug-likeness (QED) is 0.639. The van der Waals surface area contributed by atoms with Gasteiger partial charge in [-0.25, -0.2) is 0 Å².